The van der Waals surface area contributed by atoms with Crippen molar-refractivity contribution in [3.05, 3.63) is 11.3 Å². The molecule has 0 atom stereocenters. The van der Waals surface area contributed by atoms with Crippen molar-refractivity contribution < 1.29 is 4.79 Å². The number of hydrogen-bond donors (Lipinski definition) is 2. The van der Waals surface area contributed by atoms with Crippen LogP contribution in [0.25, 0.3) is 0 Å². The van der Waals surface area contributed by atoms with Gasteiger partial charge in [0, 0.05) is 57.0 Å². The molecule has 2 N–H and O–H groups in total. The molecule has 0 bridgehead atoms. The second kappa shape index (κ2) is 6.70. The zero-order chi connectivity index (χ0) is 13.7. The molecule has 0 radical (unpaired) electrons. The summed E-state index contributed by atoms with van der Waals surface area (Å²) in [6, 6.07) is 0. The van der Waals surface area contributed by atoms with Crippen LogP contribution in [0, 0.1) is 5.41 Å². The van der Waals surface area contributed by atoms with Gasteiger partial charge in [0.1, 0.15) is 0 Å². The first-order valence-corrected chi connectivity index (χ1v) is 7.15. The summed E-state index contributed by atoms with van der Waals surface area (Å²) < 4.78 is 0. The Morgan fingerprint density at radius 1 is 1.37 bits per heavy atom. The number of amides is 1. The topological polar surface area (TPSA) is 59.4 Å². The summed E-state index contributed by atoms with van der Waals surface area (Å²) in [4.78, 5) is 15.6. The molecule has 0 aromatic rings. The maximum absolute atomic E-state index is 11.4. The van der Waals surface area contributed by atoms with E-state index in [1.807, 2.05) is 0 Å². The average Bonchev–Trinajstić information content (AvgIpc) is 2.92. The van der Waals surface area contributed by atoms with E-state index in [-0.39, 0.29) is 5.91 Å². The van der Waals surface area contributed by atoms with Gasteiger partial charge in [-0.25, -0.2) is 0 Å². The molecule has 19 heavy (non-hydrogen) atoms. The molecule has 0 spiro atoms. The van der Waals surface area contributed by atoms with Crippen molar-refractivity contribution >= 4 is 12.1 Å². The van der Waals surface area contributed by atoms with E-state index >= 15 is 0 Å². The molecule has 0 unspecified atom stereocenters. The Bertz CT molecular complexity index is 372. The number of carbonyl (C=O) groups excluding carboxylic acids is 1. The van der Waals surface area contributed by atoms with Crippen LogP contribution in [0.1, 0.15) is 26.2 Å². The van der Waals surface area contributed by atoms with Crippen LogP contribution in [0.4, 0.5) is 0 Å². The number of hydrogen-bond acceptors (Lipinski definition) is 4. The molecule has 2 heterocycles. The minimum Gasteiger partial charge on any atom is -0.387 e. The van der Waals surface area contributed by atoms with Crippen molar-refractivity contribution in [1.29, 1.82) is 5.41 Å². The Balaban J connectivity index is 1.83. The van der Waals surface area contributed by atoms with E-state index in [9.17, 15) is 4.79 Å². The molecular weight excluding hydrogens is 240 g/mol. The first-order valence-electron chi connectivity index (χ1n) is 7.15. The first-order chi connectivity index (χ1) is 9.20. The molecule has 1 amide bonds. The molecule has 0 aromatic heterocycles. The first kappa shape index (κ1) is 14.1. The Hall–Kier alpha value is -1.36. The second-order valence-electron chi connectivity index (χ2n) is 5.31. The normalized spacial score (nSPS) is 20.8. The summed E-state index contributed by atoms with van der Waals surface area (Å²) in [7, 11) is 0. The van der Waals surface area contributed by atoms with Crippen LogP contribution >= 0.6 is 0 Å². The van der Waals surface area contributed by atoms with Crippen LogP contribution in [0.5, 0.6) is 0 Å². The molecule has 1 saturated heterocycles. The van der Waals surface area contributed by atoms with Crippen molar-refractivity contribution in [3.63, 3.8) is 0 Å². The second-order valence-corrected chi connectivity index (χ2v) is 5.31. The largest absolute Gasteiger partial charge is 0.387 e. The maximum atomic E-state index is 11.4. The fourth-order valence-corrected chi connectivity index (χ4v) is 2.76. The average molecular weight is 264 g/mol. The molecule has 0 aliphatic carbocycles. The monoisotopic (exact) mass is 264 g/mol. The summed E-state index contributed by atoms with van der Waals surface area (Å²) in [5.41, 5.74) is 2.09. The molecule has 2 aliphatic rings. The predicted molar refractivity (Wildman–Crippen MR) is 76.4 cm³/mol. The van der Waals surface area contributed by atoms with Gasteiger partial charge in [-0.05, 0) is 25.9 Å². The van der Waals surface area contributed by atoms with Gasteiger partial charge in [-0.15, -0.1) is 0 Å². The Morgan fingerprint density at radius 2 is 2.11 bits per heavy atom. The van der Waals surface area contributed by atoms with Crippen molar-refractivity contribution in [3.8, 4) is 0 Å². The van der Waals surface area contributed by atoms with Crippen LogP contribution in [-0.2, 0) is 4.79 Å². The van der Waals surface area contributed by atoms with Gasteiger partial charge in [0.05, 0.1) is 0 Å². The molecule has 2 rings (SSSR count). The van der Waals surface area contributed by atoms with Crippen LogP contribution in [0.3, 0.4) is 0 Å². The van der Waals surface area contributed by atoms with Gasteiger partial charge in [-0.2, -0.15) is 0 Å². The van der Waals surface area contributed by atoms with Crippen LogP contribution in [0.2, 0.25) is 0 Å². The van der Waals surface area contributed by atoms with Crippen LogP contribution in [-0.4, -0.2) is 61.2 Å². The molecule has 2 aliphatic heterocycles. The molecule has 106 valence electrons. The summed E-state index contributed by atoms with van der Waals surface area (Å²) in [6.07, 6.45) is 4.86. The summed E-state index contributed by atoms with van der Waals surface area (Å²) in [6.45, 7) is 7.38. The molecule has 5 heteroatoms. The molecule has 0 aromatic carbocycles. The lowest BCUT2D eigenvalue weighted by Crippen LogP contribution is -2.39. The van der Waals surface area contributed by atoms with Crippen LogP contribution < -0.4 is 5.32 Å². The van der Waals surface area contributed by atoms with Gasteiger partial charge in [0.25, 0.3) is 0 Å². The lowest BCUT2D eigenvalue weighted by molar-refractivity contribution is -0.128. The number of nitrogens with zero attached hydrogens (tertiary/aromatic N) is 2. The predicted octanol–water partition coefficient (Wildman–Crippen LogP) is 0.828. The third kappa shape index (κ3) is 3.80. The number of rotatable bonds is 5. The zero-order valence-electron chi connectivity index (χ0n) is 11.7. The van der Waals surface area contributed by atoms with Crippen LogP contribution in [0.15, 0.2) is 11.3 Å². The Labute approximate surface area is 115 Å². The lowest BCUT2D eigenvalue weighted by atomic mass is 10.1. The summed E-state index contributed by atoms with van der Waals surface area (Å²) in [5.74, 6) is 0.0930. The lowest BCUT2D eigenvalue weighted by Gasteiger charge is -2.29. The fraction of sp³-hybridized carbons (Fsp3) is 0.714. The maximum Gasteiger partial charge on any atom is 0.219 e. The van der Waals surface area contributed by atoms with Crippen molar-refractivity contribution in [2.75, 3.05) is 39.3 Å². The van der Waals surface area contributed by atoms with Crippen molar-refractivity contribution in [1.82, 2.24) is 15.1 Å². The van der Waals surface area contributed by atoms with E-state index < -0.39 is 0 Å². The number of likely N-dealkylation sites (tertiary alicyclic amines) is 1. The highest BCUT2D eigenvalue weighted by Gasteiger charge is 2.19. The standard InChI is InChI=1S/C14H24N4O/c1-12(19)18-8-4-14(13(10-15)11-18)16-5-9-17-6-2-3-7-17/h10,15-16H,2-9,11H2,1H3. The van der Waals surface area contributed by atoms with Crippen molar-refractivity contribution in [2.24, 2.45) is 0 Å². The number of carbonyl (C=O) groups is 1. The van der Waals surface area contributed by atoms with Gasteiger partial charge in [-0.1, -0.05) is 0 Å². The van der Waals surface area contributed by atoms with E-state index in [2.05, 4.69) is 10.2 Å². The van der Waals surface area contributed by atoms with Gasteiger partial charge >= 0.3 is 0 Å². The van der Waals surface area contributed by atoms with E-state index in [0.29, 0.717) is 6.54 Å². The van der Waals surface area contributed by atoms with Crippen molar-refractivity contribution in [2.45, 2.75) is 26.2 Å². The third-order valence-corrected chi connectivity index (χ3v) is 3.97. The van der Waals surface area contributed by atoms with E-state index in [4.69, 9.17) is 5.41 Å². The quantitative estimate of drug-likeness (QED) is 0.723. The van der Waals surface area contributed by atoms with E-state index in [1.165, 1.54) is 32.1 Å². The molecular formula is C14H24N4O. The highest BCUT2D eigenvalue weighted by atomic mass is 16.2. The Kier molecular flexibility index (Phi) is 4.96. The fourth-order valence-electron chi connectivity index (χ4n) is 2.76. The van der Waals surface area contributed by atoms with Gasteiger partial charge in [-0.3, -0.25) is 4.79 Å². The molecule has 5 nitrogen and oxygen atoms in total. The molecule has 1 fully saturated rings. The SMILES string of the molecule is CC(=O)N1CCC(NCCN2CCCC2)=C(C=N)C1. The van der Waals surface area contributed by atoms with E-state index in [0.717, 1.165) is 37.3 Å². The summed E-state index contributed by atoms with van der Waals surface area (Å²) >= 11 is 0. The smallest absolute Gasteiger partial charge is 0.219 e. The molecule has 0 saturated carbocycles. The highest BCUT2D eigenvalue weighted by Crippen LogP contribution is 2.14. The Morgan fingerprint density at radius 3 is 2.74 bits per heavy atom. The minimum absolute atomic E-state index is 0.0930. The minimum atomic E-state index is 0.0930. The highest BCUT2D eigenvalue weighted by molar-refractivity contribution is 5.81. The van der Waals surface area contributed by atoms with E-state index in [1.54, 1.807) is 11.8 Å². The number of nitrogens with one attached hydrogen (secondary N) is 2. The summed E-state index contributed by atoms with van der Waals surface area (Å²) in [5, 5.41) is 10.9. The third-order valence-electron chi connectivity index (χ3n) is 3.97. The van der Waals surface area contributed by atoms with Gasteiger partial charge in [0.2, 0.25) is 5.91 Å². The van der Waals surface area contributed by atoms with Gasteiger partial charge < -0.3 is 20.5 Å². The van der Waals surface area contributed by atoms with Gasteiger partial charge in [0.15, 0.2) is 0 Å². The zero-order valence-corrected chi connectivity index (χ0v) is 11.7.